The second-order valence-electron chi connectivity index (χ2n) is 4.61. The first-order chi connectivity index (χ1) is 9.10. The maximum atomic E-state index is 5.80. The van der Waals surface area contributed by atoms with E-state index in [1.165, 1.54) is 0 Å². The molecule has 0 aliphatic heterocycles. The van der Waals surface area contributed by atoms with Crippen molar-refractivity contribution in [2.24, 2.45) is 5.73 Å². The summed E-state index contributed by atoms with van der Waals surface area (Å²) < 4.78 is 12.0. The van der Waals surface area contributed by atoms with Crippen molar-refractivity contribution < 1.29 is 9.26 Å². The van der Waals surface area contributed by atoms with Gasteiger partial charge in [-0.05, 0) is 29.7 Å². The normalized spacial score (nSPS) is 11.0. The van der Waals surface area contributed by atoms with E-state index >= 15 is 0 Å². The Morgan fingerprint density at radius 1 is 1.37 bits per heavy atom. The van der Waals surface area contributed by atoms with E-state index in [1.807, 2.05) is 18.2 Å². The van der Waals surface area contributed by atoms with Crippen molar-refractivity contribution >= 4 is 15.9 Å². The van der Waals surface area contributed by atoms with E-state index in [0.717, 1.165) is 21.5 Å². The molecule has 4 nitrogen and oxygen atoms in total. The smallest absolute Gasteiger partial charge is 0.174 e. The first-order valence-electron chi connectivity index (χ1n) is 6.17. The molecule has 0 atom stereocenters. The van der Waals surface area contributed by atoms with Crippen LogP contribution in [0.2, 0.25) is 0 Å². The molecule has 0 saturated heterocycles. The van der Waals surface area contributed by atoms with Crippen LogP contribution in [0.25, 0.3) is 0 Å². The number of aromatic nitrogens is 1. The van der Waals surface area contributed by atoms with Crippen LogP contribution >= 0.6 is 15.9 Å². The summed E-state index contributed by atoms with van der Waals surface area (Å²) in [5.41, 5.74) is 7.38. The maximum absolute atomic E-state index is 5.80. The number of nitrogens with two attached hydrogens (primary N) is 1. The van der Waals surface area contributed by atoms with Gasteiger partial charge in [0, 0.05) is 17.1 Å². The van der Waals surface area contributed by atoms with E-state index in [0.29, 0.717) is 24.8 Å². The van der Waals surface area contributed by atoms with Crippen LogP contribution in [0.15, 0.2) is 33.3 Å². The Morgan fingerprint density at radius 3 is 2.79 bits per heavy atom. The van der Waals surface area contributed by atoms with Gasteiger partial charge in [0.15, 0.2) is 5.76 Å². The number of nitrogens with zero attached hydrogens (tertiary/aromatic N) is 1. The Kier molecular flexibility index (Phi) is 4.61. The molecule has 0 bridgehead atoms. The molecular formula is C14H17BrN2O2. The average Bonchev–Trinajstić information content (AvgIpc) is 2.85. The van der Waals surface area contributed by atoms with Gasteiger partial charge in [0.2, 0.25) is 0 Å². The maximum Gasteiger partial charge on any atom is 0.174 e. The Balaban J connectivity index is 2.10. The fraction of sp³-hybridized carbons (Fsp3) is 0.357. The summed E-state index contributed by atoms with van der Waals surface area (Å²) in [6.07, 6.45) is 0. The largest absolute Gasteiger partial charge is 0.485 e. The molecule has 2 aromatic rings. The van der Waals surface area contributed by atoms with E-state index in [9.17, 15) is 0 Å². The molecule has 0 fully saturated rings. The van der Waals surface area contributed by atoms with Gasteiger partial charge in [0.1, 0.15) is 12.4 Å². The lowest BCUT2D eigenvalue weighted by Crippen LogP contribution is -1.99. The second-order valence-corrected chi connectivity index (χ2v) is 5.53. The molecule has 0 amide bonds. The van der Waals surface area contributed by atoms with Crippen LogP contribution in [0.5, 0.6) is 5.75 Å². The van der Waals surface area contributed by atoms with Crippen molar-refractivity contribution in [3.8, 4) is 5.75 Å². The van der Waals surface area contributed by atoms with Crippen LogP contribution in [0.3, 0.4) is 0 Å². The standard InChI is InChI=1S/C14H17BrN2O2/c1-9(2)13-5-10(15)3-4-14(13)18-8-12-6-11(7-16)17-19-12/h3-6,9H,7-8,16H2,1-2H3. The third kappa shape index (κ3) is 3.58. The van der Waals surface area contributed by atoms with Crippen molar-refractivity contribution in [3.63, 3.8) is 0 Å². The first-order valence-corrected chi connectivity index (χ1v) is 6.96. The van der Waals surface area contributed by atoms with Gasteiger partial charge in [-0.1, -0.05) is 34.9 Å². The Hall–Kier alpha value is -1.33. The summed E-state index contributed by atoms with van der Waals surface area (Å²) >= 11 is 3.48. The zero-order valence-electron chi connectivity index (χ0n) is 11.0. The highest BCUT2D eigenvalue weighted by Crippen LogP contribution is 2.30. The summed E-state index contributed by atoms with van der Waals surface area (Å²) in [5.74, 6) is 1.93. The molecule has 0 spiro atoms. The van der Waals surface area contributed by atoms with Crippen LogP contribution in [-0.4, -0.2) is 5.16 Å². The van der Waals surface area contributed by atoms with Gasteiger partial charge in [0.05, 0.1) is 5.69 Å². The van der Waals surface area contributed by atoms with Crippen molar-refractivity contribution in [2.75, 3.05) is 0 Å². The van der Waals surface area contributed by atoms with Crippen LogP contribution < -0.4 is 10.5 Å². The summed E-state index contributed by atoms with van der Waals surface area (Å²) in [7, 11) is 0. The Morgan fingerprint density at radius 2 is 2.16 bits per heavy atom. The molecule has 0 unspecified atom stereocenters. The molecule has 0 aliphatic rings. The van der Waals surface area contributed by atoms with E-state index in [-0.39, 0.29) is 0 Å². The fourth-order valence-electron chi connectivity index (χ4n) is 1.77. The molecule has 2 rings (SSSR count). The lowest BCUT2D eigenvalue weighted by atomic mass is 10.0. The summed E-state index contributed by atoms with van der Waals surface area (Å²) in [6.45, 7) is 5.00. The van der Waals surface area contributed by atoms with E-state index in [4.69, 9.17) is 15.0 Å². The lowest BCUT2D eigenvalue weighted by Gasteiger charge is -2.13. The highest BCUT2D eigenvalue weighted by molar-refractivity contribution is 9.10. The number of halogens is 1. The summed E-state index contributed by atoms with van der Waals surface area (Å²) in [6, 6.07) is 7.81. The Labute approximate surface area is 121 Å². The van der Waals surface area contributed by atoms with E-state index in [2.05, 4.69) is 41.0 Å². The zero-order chi connectivity index (χ0) is 13.8. The van der Waals surface area contributed by atoms with E-state index in [1.54, 1.807) is 0 Å². The van der Waals surface area contributed by atoms with Crippen molar-refractivity contribution in [1.82, 2.24) is 5.16 Å². The molecule has 0 aliphatic carbocycles. The van der Waals surface area contributed by atoms with Crippen LogP contribution in [0, 0.1) is 0 Å². The van der Waals surface area contributed by atoms with Gasteiger partial charge in [-0.2, -0.15) is 0 Å². The number of rotatable bonds is 5. The molecule has 19 heavy (non-hydrogen) atoms. The minimum atomic E-state index is 0.356. The van der Waals surface area contributed by atoms with Crippen LogP contribution in [0.4, 0.5) is 0 Å². The third-order valence-electron chi connectivity index (χ3n) is 2.78. The summed E-state index contributed by atoms with van der Waals surface area (Å²) in [5, 5.41) is 3.83. The predicted molar refractivity (Wildman–Crippen MR) is 77.0 cm³/mol. The minimum absolute atomic E-state index is 0.356. The molecule has 2 N–H and O–H groups in total. The monoisotopic (exact) mass is 324 g/mol. The lowest BCUT2D eigenvalue weighted by molar-refractivity contribution is 0.246. The van der Waals surface area contributed by atoms with Crippen LogP contribution in [-0.2, 0) is 13.2 Å². The van der Waals surface area contributed by atoms with Crippen LogP contribution in [0.1, 0.15) is 36.8 Å². The summed E-state index contributed by atoms with van der Waals surface area (Å²) in [4.78, 5) is 0. The quantitative estimate of drug-likeness (QED) is 0.912. The number of hydrogen-bond acceptors (Lipinski definition) is 4. The second kappa shape index (κ2) is 6.21. The van der Waals surface area contributed by atoms with Gasteiger partial charge >= 0.3 is 0 Å². The van der Waals surface area contributed by atoms with Gasteiger partial charge in [0.25, 0.3) is 0 Å². The SMILES string of the molecule is CC(C)c1cc(Br)ccc1OCc1cc(CN)no1. The average molecular weight is 325 g/mol. The molecule has 1 aromatic carbocycles. The highest BCUT2D eigenvalue weighted by atomic mass is 79.9. The van der Waals surface area contributed by atoms with Crippen molar-refractivity contribution in [2.45, 2.75) is 32.9 Å². The van der Waals surface area contributed by atoms with Crippen molar-refractivity contribution in [3.05, 3.63) is 45.8 Å². The minimum Gasteiger partial charge on any atom is -0.485 e. The molecule has 1 aromatic heterocycles. The molecular weight excluding hydrogens is 308 g/mol. The molecule has 1 heterocycles. The Bertz CT molecular complexity index is 552. The molecule has 0 saturated carbocycles. The number of hydrogen-bond donors (Lipinski definition) is 1. The van der Waals surface area contributed by atoms with Gasteiger partial charge in [-0.25, -0.2) is 0 Å². The van der Waals surface area contributed by atoms with E-state index < -0.39 is 0 Å². The highest BCUT2D eigenvalue weighted by Gasteiger charge is 2.10. The fourth-order valence-corrected chi connectivity index (χ4v) is 2.15. The zero-order valence-corrected chi connectivity index (χ0v) is 12.6. The first kappa shape index (κ1) is 14.1. The van der Waals surface area contributed by atoms with Gasteiger partial charge in [-0.15, -0.1) is 0 Å². The number of benzene rings is 1. The predicted octanol–water partition coefficient (Wildman–Crippen LogP) is 3.60. The molecule has 102 valence electrons. The number of ether oxygens (including phenoxy) is 1. The third-order valence-corrected chi connectivity index (χ3v) is 3.27. The van der Waals surface area contributed by atoms with Crippen molar-refractivity contribution in [1.29, 1.82) is 0 Å². The van der Waals surface area contributed by atoms with Gasteiger partial charge < -0.3 is 15.0 Å². The van der Waals surface area contributed by atoms with Gasteiger partial charge in [-0.3, -0.25) is 0 Å². The molecule has 5 heteroatoms. The topological polar surface area (TPSA) is 61.3 Å². The molecule has 0 radical (unpaired) electrons.